The molecule has 0 amide bonds. The Bertz CT molecular complexity index is 1300. The summed E-state index contributed by atoms with van der Waals surface area (Å²) in [5.74, 6) is -3.56. The molecule has 0 radical (unpaired) electrons. The molecule has 0 N–H and O–H groups in total. The second-order valence-electron chi connectivity index (χ2n) is 7.59. The Labute approximate surface area is 190 Å². The molecule has 5 heteroatoms. The number of para-hydroxylation sites is 1. The zero-order valence-electron chi connectivity index (χ0n) is 16.8. The summed E-state index contributed by atoms with van der Waals surface area (Å²) in [4.78, 5) is 13.2. The fourth-order valence-electron chi connectivity index (χ4n) is 4.32. The van der Waals surface area contributed by atoms with Gasteiger partial charge in [-0.3, -0.25) is 0 Å². The van der Waals surface area contributed by atoms with Crippen LogP contribution < -0.4 is 20.8 Å². The van der Waals surface area contributed by atoms with Crippen molar-refractivity contribution in [3.05, 3.63) is 125 Å². The topological polar surface area (TPSA) is 22.0 Å². The Morgan fingerprint density at radius 1 is 0.645 bits per heavy atom. The quantitative estimate of drug-likeness (QED) is 0.307. The minimum atomic E-state index is -3.56. The molecule has 1 heterocycles. The van der Waals surface area contributed by atoms with Gasteiger partial charge in [0.25, 0.3) is 0 Å². The van der Waals surface area contributed by atoms with Gasteiger partial charge in [-0.25, -0.2) is 0 Å². The normalized spacial score (nSPS) is 13.0. The van der Waals surface area contributed by atoms with Crippen LogP contribution in [0.1, 0.15) is 0 Å². The summed E-state index contributed by atoms with van der Waals surface area (Å²) in [5.41, 5.74) is 0.926. The SMILES string of the molecule is O=c1sc2ccccc2n1CP(Cl)(c1ccccc1)(c1ccccc1)c1ccccc1. The number of halogens is 1. The Morgan fingerprint density at radius 3 is 1.55 bits per heavy atom. The van der Waals surface area contributed by atoms with E-state index < -0.39 is 5.96 Å². The van der Waals surface area contributed by atoms with E-state index >= 15 is 0 Å². The van der Waals surface area contributed by atoms with Crippen LogP contribution in [-0.2, 0) is 6.29 Å². The van der Waals surface area contributed by atoms with Crippen LogP contribution in [0.3, 0.4) is 0 Å². The summed E-state index contributed by atoms with van der Waals surface area (Å²) in [5, 5.41) is 3.15. The molecule has 1 aromatic heterocycles. The first-order valence-corrected chi connectivity index (χ1v) is 14.2. The molecule has 0 saturated heterocycles. The molecule has 5 rings (SSSR count). The molecule has 0 aliphatic rings. The van der Waals surface area contributed by atoms with Crippen molar-refractivity contribution in [1.82, 2.24) is 4.57 Å². The Balaban J connectivity index is 1.91. The molecular weight excluding hydrogens is 441 g/mol. The van der Waals surface area contributed by atoms with Gasteiger partial charge >= 0.3 is 190 Å². The van der Waals surface area contributed by atoms with Gasteiger partial charge in [-0.1, -0.05) is 0 Å². The average Bonchev–Trinajstić information content (AvgIpc) is 3.15. The van der Waals surface area contributed by atoms with E-state index in [0.717, 1.165) is 26.1 Å². The number of hydrogen-bond donors (Lipinski definition) is 0. The van der Waals surface area contributed by atoms with Gasteiger partial charge in [0.2, 0.25) is 0 Å². The van der Waals surface area contributed by atoms with Gasteiger partial charge in [-0.05, 0) is 0 Å². The van der Waals surface area contributed by atoms with Gasteiger partial charge in [0.1, 0.15) is 0 Å². The van der Waals surface area contributed by atoms with Crippen molar-refractivity contribution in [2.75, 3.05) is 0 Å². The molecule has 0 unspecified atom stereocenters. The van der Waals surface area contributed by atoms with Crippen molar-refractivity contribution in [1.29, 1.82) is 0 Å². The van der Waals surface area contributed by atoms with Crippen LogP contribution >= 0.6 is 28.5 Å². The summed E-state index contributed by atoms with van der Waals surface area (Å²) in [6, 6.07) is 38.7. The first kappa shape index (κ1) is 20.2. The summed E-state index contributed by atoms with van der Waals surface area (Å²) in [7, 11) is 0. The number of benzene rings is 4. The molecule has 2 nitrogen and oxygen atoms in total. The number of hydrogen-bond acceptors (Lipinski definition) is 2. The van der Waals surface area contributed by atoms with Crippen LogP contribution in [0.4, 0.5) is 0 Å². The van der Waals surface area contributed by atoms with E-state index in [9.17, 15) is 4.79 Å². The maximum atomic E-state index is 13.2. The van der Waals surface area contributed by atoms with Crippen molar-refractivity contribution in [2.24, 2.45) is 0 Å². The van der Waals surface area contributed by atoms with E-state index in [1.165, 1.54) is 11.3 Å². The molecule has 4 aromatic carbocycles. The molecule has 0 saturated carbocycles. The van der Waals surface area contributed by atoms with Crippen LogP contribution in [0, 0.1) is 0 Å². The van der Waals surface area contributed by atoms with E-state index in [4.69, 9.17) is 11.2 Å². The van der Waals surface area contributed by atoms with E-state index in [-0.39, 0.29) is 4.87 Å². The number of rotatable bonds is 5. The first-order valence-electron chi connectivity index (χ1n) is 10.1. The average molecular weight is 462 g/mol. The van der Waals surface area contributed by atoms with Crippen molar-refractivity contribution in [3.63, 3.8) is 0 Å². The number of thiazole rings is 1. The van der Waals surface area contributed by atoms with Gasteiger partial charge in [0.05, 0.1) is 0 Å². The third-order valence-corrected chi connectivity index (χ3v) is 13.8. The summed E-state index contributed by atoms with van der Waals surface area (Å²) >= 11 is 9.39. The fourth-order valence-corrected chi connectivity index (χ4v) is 11.2. The molecule has 0 aliphatic heterocycles. The second kappa shape index (κ2) is 7.76. The van der Waals surface area contributed by atoms with Crippen LogP contribution in [0.25, 0.3) is 10.2 Å². The standard InChI is InChI=1S/C26H21ClNOPS/c27-30(21-12-4-1-5-13-21,22-14-6-2-7-15-22,23-16-8-3-9-17-23)20-28-24-18-10-11-19-25(24)31-26(28)29/h1-19H,20H2. The second-order valence-corrected chi connectivity index (χ2v) is 15.0. The van der Waals surface area contributed by atoms with Crippen molar-refractivity contribution < 1.29 is 0 Å². The molecule has 31 heavy (non-hydrogen) atoms. The molecule has 0 fully saturated rings. The third-order valence-electron chi connectivity index (χ3n) is 5.86. The van der Waals surface area contributed by atoms with Gasteiger partial charge in [0.15, 0.2) is 0 Å². The van der Waals surface area contributed by atoms with Gasteiger partial charge in [-0.15, -0.1) is 0 Å². The molecule has 5 aromatic rings. The summed E-state index contributed by atoms with van der Waals surface area (Å²) < 4.78 is 2.85. The molecule has 0 atom stereocenters. The van der Waals surface area contributed by atoms with Crippen LogP contribution in [0.15, 0.2) is 120 Å². The predicted molar refractivity (Wildman–Crippen MR) is 137 cm³/mol. The predicted octanol–water partition coefficient (Wildman–Crippen LogP) is 5.70. The van der Waals surface area contributed by atoms with E-state index in [0.29, 0.717) is 6.29 Å². The Hall–Kier alpha value is -2.71. The van der Waals surface area contributed by atoms with Crippen LogP contribution in [0.2, 0.25) is 0 Å². The minimum absolute atomic E-state index is 0.0126. The van der Waals surface area contributed by atoms with Crippen molar-refractivity contribution >= 4 is 54.7 Å². The molecule has 0 bridgehead atoms. The fraction of sp³-hybridized carbons (Fsp3) is 0.0385. The van der Waals surface area contributed by atoms with Gasteiger partial charge in [-0.2, -0.15) is 0 Å². The van der Waals surface area contributed by atoms with E-state index in [2.05, 4.69) is 36.4 Å². The Morgan fingerprint density at radius 2 is 1.06 bits per heavy atom. The zero-order valence-corrected chi connectivity index (χ0v) is 19.2. The molecule has 154 valence electrons. The van der Waals surface area contributed by atoms with Crippen molar-refractivity contribution in [3.8, 4) is 0 Å². The monoisotopic (exact) mass is 461 g/mol. The van der Waals surface area contributed by atoms with Crippen molar-refractivity contribution in [2.45, 2.75) is 6.29 Å². The first-order chi connectivity index (χ1) is 15.1. The summed E-state index contributed by atoms with van der Waals surface area (Å²) in [6.07, 6.45) is 0.397. The number of fused-ring (bicyclic) bond motifs is 1. The molecular formula is C26H21ClNOPS. The number of nitrogens with zero attached hydrogens (tertiary/aromatic N) is 1. The number of aromatic nitrogens is 1. The Kier molecular flexibility index (Phi) is 5.06. The van der Waals surface area contributed by atoms with Crippen LogP contribution in [-0.4, -0.2) is 4.57 Å². The van der Waals surface area contributed by atoms with E-state index in [1.54, 1.807) is 0 Å². The van der Waals surface area contributed by atoms with E-state index in [1.807, 2.05) is 83.4 Å². The maximum absolute atomic E-state index is 13.2. The molecule has 0 spiro atoms. The zero-order chi connectivity index (χ0) is 21.3. The van der Waals surface area contributed by atoms with Gasteiger partial charge in [0, 0.05) is 0 Å². The van der Waals surface area contributed by atoms with Crippen LogP contribution in [0.5, 0.6) is 0 Å². The summed E-state index contributed by atoms with van der Waals surface area (Å²) in [6.45, 7) is 0. The molecule has 0 aliphatic carbocycles. The van der Waals surface area contributed by atoms with Gasteiger partial charge < -0.3 is 0 Å². The third kappa shape index (κ3) is 3.16.